The van der Waals surface area contributed by atoms with Crippen LogP contribution in [0.2, 0.25) is 0 Å². The fourth-order valence-electron chi connectivity index (χ4n) is 5.80. The molecule has 2 saturated heterocycles. The number of carbonyl (C=O) groups is 2. The number of likely N-dealkylation sites (tertiary alicyclic amines) is 2. The maximum absolute atomic E-state index is 14.6. The molecule has 0 atom stereocenters. The number of benzene rings is 2. The number of amides is 2. The van der Waals surface area contributed by atoms with E-state index in [4.69, 9.17) is 16.0 Å². The molecule has 2 fully saturated rings. The second-order valence-corrected chi connectivity index (χ2v) is 12.2. The molecule has 226 valence electrons. The first-order valence-electron chi connectivity index (χ1n) is 14.2. The molecule has 3 aromatic rings. The molecule has 0 radical (unpaired) electrons. The van der Waals surface area contributed by atoms with Crippen molar-refractivity contribution < 1.29 is 27.8 Å². The molecule has 2 aliphatic rings. The molecule has 9 nitrogen and oxygen atoms in total. The van der Waals surface area contributed by atoms with Crippen molar-refractivity contribution in [2.45, 2.75) is 52.2 Å². The van der Waals surface area contributed by atoms with E-state index in [1.165, 1.54) is 36.1 Å². The van der Waals surface area contributed by atoms with E-state index >= 15 is 0 Å². The minimum Gasteiger partial charge on any atom is -0.494 e. The van der Waals surface area contributed by atoms with Crippen LogP contribution in [0.5, 0.6) is 5.75 Å². The molecule has 2 aromatic carbocycles. The van der Waals surface area contributed by atoms with Crippen molar-refractivity contribution >= 4 is 17.7 Å². The number of hydrogen-bond acceptors (Lipinski definition) is 5. The highest BCUT2D eigenvalue weighted by atomic mass is 19.1. The van der Waals surface area contributed by atoms with Crippen molar-refractivity contribution in [2.24, 2.45) is 5.41 Å². The minimum atomic E-state index is -0.690. The third kappa shape index (κ3) is 6.48. The summed E-state index contributed by atoms with van der Waals surface area (Å²) in [5.74, 6) is -1.29. The van der Waals surface area contributed by atoms with E-state index in [1.54, 1.807) is 28.1 Å². The molecule has 1 spiro atoms. The Morgan fingerprint density at radius 2 is 1.65 bits per heavy atom. The lowest BCUT2D eigenvalue weighted by atomic mass is 9.78. The van der Waals surface area contributed by atoms with Crippen LogP contribution in [0.25, 0.3) is 27.2 Å². The molecular formula is C32H35F2N5O4. The van der Waals surface area contributed by atoms with Gasteiger partial charge in [-0.1, -0.05) is 18.2 Å². The maximum atomic E-state index is 14.6. The standard InChI is InChI=1S/C32H35F2N5O4/c1-31(2,3)43-30(41)38-15-12-32(20-38)10-13-37(14-11-32)28(40)19-39-18-23(21-7-9-27(42-5)25(34)16-21)29(36-39)22-6-8-26(35-4)24(33)17-22/h6-9,16-18H,10-15,19-20H2,1-3,5H3. The smallest absolute Gasteiger partial charge is 0.410 e. The van der Waals surface area contributed by atoms with E-state index in [9.17, 15) is 18.4 Å². The molecule has 2 aliphatic heterocycles. The summed E-state index contributed by atoms with van der Waals surface area (Å²) in [7, 11) is 1.38. The number of piperidine rings is 1. The molecular weight excluding hydrogens is 556 g/mol. The van der Waals surface area contributed by atoms with E-state index in [2.05, 4.69) is 9.94 Å². The Morgan fingerprint density at radius 1 is 1.00 bits per heavy atom. The number of ether oxygens (including phenoxy) is 2. The van der Waals surface area contributed by atoms with Crippen LogP contribution >= 0.6 is 0 Å². The Morgan fingerprint density at radius 3 is 2.26 bits per heavy atom. The highest BCUT2D eigenvalue weighted by Crippen LogP contribution is 2.41. The maximum Gasteiger partial charge on any atom is 0.410 e. The number of halogens is 2. The molecule has 3 heterocycles. The van der Waals surface area contributed by atoms with Gasteiger partial charge >= 0.3 is 6.09 Å². The number of rotatable bonds is 5. The van der Waals surface area contributed by atoms with Crippen molar-refractivity contribution in [1.82, 2.24) is 19.6 Å². The van der Waals surface area contributed by atoms with E-state index in [0.717, 1.165) is 19.3 Å². The van der Waals surface area contributed by atoms with E-state index in [0.29, 0.717) is 48.6 Å². The van der Waals surface area contributed by atoms with Gasteiger partial charge in [-0.3, -0.25) is 9.48 Å². The molecule has 0 unspecified atom stereocenters. The predicted molar refractivity (Wildman–Crippen MR) is 156 cm³/mol. The molecule has 2 amide bonds. The summed E-state index contributed by atoms with van der Waals surface area (Å²) in [5.41, 5.74) is 1.06. The summed E-state index contributed by atoms with van der Waals surface area (Å²) >= 11 is 0. The fourth-order valence-corrected chi connectivity index (χ4v) is 5.80. The summed E-state index contributed by atoms with van der Waals surface area (Å²) < 4.78 is 41.2. The van der Waals surface area contributed by atoms with Crippen LogP contribution in [-0.2, 0) is 16.1 Å². The lowest BCUT2D eigenvalue weighted by Gasteiger charge is -2.39. The molecule has 11 heteroatoms. The SMILES string of the molecule is [C-]#[N+]c1ccc(-c2nn(CC(=O)N3CCC4(CC3)CCN(C(=O)OC(C)(C)C)C4)cc2-c2ccc(OC)c(F)c2)cc1F. The molecule has 5 rings (SSSR count). The summed E-state index contributed by atoms with van der Waals surface area (Å²) in [6.07, 6.45) is 3.79. The minimum absolute atomic E-state index is 0.0280. The number of carbonyl (C=O) groups excluding carboxylic acids is 2. The van der Waals surface area contributed by atoms with Crippen molar-refractivity contribution in [1.29, 1.82) is 0 Å². The van der Waals surface area contributed by atoms with Gasteiger partial charge in [-0.25, -0.2) is 18.4 Å². The summed E-state index contributed by atoms with van der Waals surface area (Å²) in [4.78, 5) is 32.7. The highest BCUT2D eigenvalue weighted by molar-refractivity contribution is 5.82. The first-order valence-corrected chi connectivity index (χ1v) is 14.2. The van der Waals surface area contributed by atoms with Crippen LogP contribution in [0.15, 0.2) is 42.6 Å². The van der Waals surface area contributed by atoms with Crippen LogP contribution in [0.4, 0.5) is 19.3 Å². The Bertz CT molecular complexity index is 1580. The molecule has 0 aliphatic carbocycles. The van der Waals surface area contributed by atoms with Gasteiger partial charge < -0.3 is 19.3 Å². The van der Waals surface area contributed by atoms with Crippen LogP contribution in [-0.4, -0.2) is 70.5 Å². The van der Waals surface area contributed by atoms with Gasteiger partial charge in [0.15, 0.2) is 11.6 Å². The third-order valence-electron chi connectivity index (χ3n) is 8.13. The Hall–Kier alpha value is -4.46. The lowest BCUT2D eigenvalue weighted by Crippen LogP contribution is -2.46. The van der Waals surface area contributed by atoms with Gasteiger partial charge in [-0.2, -0.15) is 5.10 Å². The van der Waals surface area contributed by atoms with Crippen LogP contribution in [0.3, 0.4) is 0 Å². The van der Waals surface area contributed by atoms with Gasteiger partial charge in [0.2, 0.25) is 11.6 Å². The molecule has 0 bridgehead atoms. The summed E-state index contributed by atoms with van der Waals surface area (Å²) in [5, 5.41) is 4.60. The number of hydrogen-bond donors (Lipinski definition) is 0. The topological polar surface area (TPSA) is 81.3 Å². The zero-order valence-corrected chi connectivity index (χ0v) is 24.8. The van der Waals surface area contributed by atoms with Gasteiger partial charge in [-0.05, 0) is 69.2 Å². The second-order valence-electron chi connectivity index (χ2n) is 12.2. The average Bonchev–Trinajstić information content (AvgIpc) is 3.57. The first kappa shape index (κ1) is 30.0. The monoisotopic (exact) mass is 591 g/mol. The van der Waals surface area contributed by atoms with Crippen molar-refractivity contribution in [3.05, 3.63) is 65.6 Å². The van der Waals surface area contributed by atoms with Crippen molar-refractivity contribution in [3.8, 4) is 28.1 Å². The molecule has 43 heavy (non-hydrogen) atoms. The number of methoxy groups -OCH3 is 1. The Kier molecular flexibility index (Phi) is 8.14. The third-order valence-corrected chi connectivity index (χ3v) is 8.13. The van der Waals surface area contributed by atoms with Crippen LogP contribution in [0, 0.1) is 23.6 Å². The summed E-state index contributed by atoms with van der Waals surface area (Å²) in [6.45, 7) is 15.0. The fraction of sp³-hybridized carbons (Fsp3) is 0.438. The Labute approximate surface area is 249 Å². The van der Waals surface area contributed by atoms with Gasteiger partial charge in [0.25, 0.3) is 0 Å². The second kappa shape index (κ2) is 11.7. The van der Waals surface area contributed by atoms with Gasteiger partial charge in [0.1, 0.15) is 23.7 Å². The summed E-state index contributed by atoms with van der Waals surface area (Å²) in [6, 6.07) is 8.65. The Balaban J connectivity index is 1.32. The molecule has 0 N–H and O–H groups in total. The largest absolute Gasteiger partial charge is 0.494 e. The lowest BCUT2D eigenvalue weighted by molar-refractivity contribution is -0.134. The van der Waals surface area contributed by atoms with Crippen molar-refractivity contribution in [3.63, 3.8) is 0 Å². The average molecular weight is 592 g/mol. The molecule has 0 saturated carbocycles. The van der Waals surface area contributed by atoms with Gasteiger partial charge in [0.05, 0.1) is 13.7 Å². The number of nitrogens with zero attached hydrogens (tertiary/aromatic N) is 5. The quantitative estimate of drug-likeness (QED) is 0.325. The highest BCUT2D eigenvalue weighted by Gasteiger charge is 2.43. The molecule has 1 aromatic heterocycles. The van der Waals surface area contributed by atoms with Crippen LogP contribution < -0.4 is 4.74 Å². The van der Waals surface area contributed by atoms with E-state index in [-0.39, 0.29) is 35.4 Å². The zero-order chi connectivity index (χ0) is 30.9. The first-order chi connectivity index (χ1) is 20.4. The van der Waals surface area contributed by atoms with Crippen molar-refractivity contribution in [2.75, 3.05) is 33.3 Å². The number of aromatic nitrogens is 2. The predicted octanol–water partition coefficient (Wildman–Crippen LogP) is 6.30. The van der Waals surface area contributed by atoms with Crippen LogP contribution in [0.1, 0.15) is 40.0 Å². The normalized spacial score (nSPS) is 16.3. The van der Waals surface area contributed by atoms with Gasteiger partial charge in [0, 0.05) is 43.5 Å². The van der Waals surface area contributed by atoms with E-state index in [1.807, 2.05) is 20.8 Å². The zero-order valence-electron chi connectivity index (χ0n) is 24.8. The van der Waals surface area contributed by atoms with E-state index < -0.39 is 17.2 Å². The van der Waals surface area contributed by atoms with Gasteiger partial charge in [-0.15, -0.1) is 0 Å².